The highest BCUT2D eigenvalue weighted by molar-refractivity contribution is 6.00. The molecule has 0 aliphatic heterocycles. The number of nitrogens with zero attached hydrogens (tertiary/aromatic N) is 1. The largest absolute Gasteiger partial charge is 0.281 e. The van der Waals surface area contributed by atoms with Crippen LogP contribution in [0.4, 0.5) is 11.4 Å². The zero-order chi connectivity index (χ0) is 12.8. The molecule has 2 heteroatoms. The SMILES string of the molecule is [CH2]CCC(=O)N(c1ccccc1)c1ccccc1. The standard InChI is InChI=1S/C16H16NO/c1-2-9-16(18)17(14-10-5-3-6-11-14)15-12-7-4-8-13-15/h3-8,10-13H,1-2,9H2. The van der Waals surface area contributed by atoms with Gasteiger partial charge in [-0.3, -0.25) is 9.69 Å². The van der Waals surface area contributed by atoms with Gasteiger partial charge in [-0.25, -0.2) is 0 Å². The van der Waals surface area contributed by atoms with Crippen LogP contribution in [0.1, 0.15) is 12.8 Å². The van der Waals surface area contributed by atoms with Crippen molar-refractivity contribution >= 4 is 17.3 Å². The van der Waals surface area contributed by atoms with Gasteiger partial charge in [0.1, 0.15) is 0 Å². The van der Waals surface area contributed by atoms with Gasteiger partial charge in [0.15, 0.2) is 0 Å². The molecule has 0 aliphatic carbocycles. The summed E-state index contributed by atoms with van der Waals surface area (Å²) in [7, 11) is 0. The highest BCUT2D eigenvalue weighted by atomic mass is 16.2. The average Bonchev–Trinajstić information content (AvgIpc) is 2.42. The Kier molecular flexibility index (Phi) is 4.13. The van der Waals surface area contributed by atoms with Gasteiger partial charge in [-0.15, -0.1) is 0 Å². The first-order valence-corrected chi connectivity index (χ1v) is 6.05. The Morgan fingerprint density at radius 1 is 0.889 bits per heavy atom. The number of rotatable bonds is 4. The molecule has 0 N–H and O–H groups in total. The molecular weight excluding hydrogens is 222 g/mol. The summed E-state index contributed by atoms with van der Waals surface area (Å²) in [5, 5.41) is 0. The predicted octanol–water partition coefficient (Wildman–Crippen LogP) is 3.97. The summed E-state index contributed by atoms with van der Waals surface area (Å²) in [6.07, 6.45) is 1.05. The van der Waals surface area contributed by atoms with Crippen molar-refractivity contribution in [3.8, 4) is 0 Å². The Bertz CT molecular complexity index is 454. The first-order valence-electron chi connectivity index (χ1n) is 6.05. The van der Waals surface area contributed by atoms with E-state index in [9.17, 15) is 4.79 Å². The highest BCUT2D eigenvalue weighted by Gasteiger charge is 2.16. The minimum atomic E-state index is 0.0717. The van der Waals surface area contributed by atoms with Crippen LogP contribution in [0.25, 0.3) is 0 Å². The lowest BCUT2D eigenvalue weighted by molar-refractivity contribution is -0.117. The van der Waals surface area contributed by atoms with Crippen molar-refractivity contribution in [1.29, 1.82) is 0 Å². The van der Waals surface area contributed by atoms with Gasteiger partial charge in [0.05, 0.1) is 0 Å². The number of hydrogen-bond donors (Lipinski definition) is 0. The number of carbonyl (C=O) groups excluding carboxylic acids is 1. The molecule has 0 spiro atoms. The van der Waals surface area contributed by atoms with Crippen LogP contribution in [0.2, 0.25) is 0 Å². The van der Waals surface area contributed by atoms with Crippen molar-refractivity contribution in [2.75, 3.05) is 4.90 Å². The van der Waals surface area contributed by atoms with Crippen molar-refractivity contribution < 1.29 is 4.79 Å². The molecule has 2 rings (SSSR count). The second-order valence-corrected chi connectivity index (χ2v) is 4.00. The third-order valence-electron chi connectivity index (χ3n) is 2.67. The van der Waals surface area contributed by atoms with Gasteiger partial charge in [-0.1, -0.05) is 43.3 Å². The molecule has 0 aliphatic rings. The summed E-state index contributed by atoms with van der Waals surface area (Å²) in [6.45, 7) is 3.75. The van der Waals surface area contributed by atoms with Crippen LogP contribution in [0.5, 0.6) is 0 Å². The highest BCUT2D eigenvalue weighted by Crippen LogP contribution is 2.25. The third-order valence-corrected chi connectivity index (χ3v) is 2.67. The Labute approximate surface area is 108 Å². The molecule has 0 fully saturated rings. The van der Waals surface area contributed by atoms with E-state index in [1.807, 2.05) is 60.7 Å². The van der Waals surface area contributed by atoms with Crippen LogP contribution in [0.15, 0.2) is 60.7 Å². The van der Waals surface area contributed by atoms with Crippen LogP contribution in [0.3, 0.4) is 0 Å². The van der Waals surface area contributed by atoms with E-state index in [1.54, 1.807) is 4.90 Å². The molecule has 0 heterocycles. The molecule has 0 saturated heterocycles. The molecule has 0 unspecified atom stereocenters. The maximum absolute atomic E-state index is 12.2. The van der Waals surface area contributed by atoms with Crippen molar-refractivity contribution in [1.82, 2.24) is 0 Å². The van der Waals surface area contributed by atoms with Gasteiger partial charge in [-0.05, 0) is 30.7 Å². The van der Waals surface area contributed by atoms with Crippen LogP contribution in [-0.4, -0.2) is 5.91 Å². The Balaban J connectivity index is 2.38. The lowest BCUT2D eigenvalue weighted by Crippen LogP contribution is -2.25. The zero-order valence-corrected chi connectivity index (χ0v) is 10.3. The van der Waals surface area contributed by atoms with E-state index in [0.29, 0.717) is 12.8 Å². The van der Waals surface area contributed by atoms with E-state index in [4.69, 9.17) is 0 Å². The molecule has 1 amide bonds. The van der Waals surface area contributed by atoms with E-state index in [-0.39, 0.29) is 5.91 Å². The molecule has 2 aromatic rings. The molecular formula is C16H16NO. The van der Waals surface area contributed by atoms with E-state index in [1.165, 1.54) is 0 Å². The molecule has 2 nitrogen and oxygen atoms in total. The van der Waals surface area contributed by atoms with Gasteiger partial charge >= 0.3 is 0 Å². The van der Waals surface area contributed by atoms with Crippen LogP contribution < -0.4 is 4.90 Å². The zero-order valence-electron chi connectivity index (χ0n) is 10.3. The first-order chi connectivity index (χ1) is 8.83. The fourth-order valence-electron chi connectivity index (χ4n) is 1.85. The number of anilines is 2. The Morgan fingerprint density at radius 2 is 1.33 bits per heavy atom. The molecule has 1 radical (unpaired) electrons. The van der Waals surface area contributed by atoms with Gasteiger partial charge in [-0.2, -0.15) is 0 Å². The van der Waals surface area contributed by atoms with Gasteiger partial charge in [0, 0.05) is 17.8 Å². The van der Waals surface area contributed by atoms with Gasteiger partial charge in [0.25, 0.3) is 0 Å². The number of hydrogen-bond acceptors (Lipinski definition) is 1. The van der Waals surface area contributed by atoms with Crippen LogP contribution >= 0.6 is 0 Å². The summed E-state index contributed by atoms with van der Waals surface area (Å²) in [5.74, 6) is 0.0717. The molecule has 18 heavy (non-hydrogen) atoms. The van der Waals surface area contributed by atoms with Crippen molar-refractivity contribution in [3.63, 3.8) is 0 Å². The quantitative estimate of drug-likeness (QED) is 0.789. The third kappa shape index (κ3) is 2.77. The van der Waals surface area contributed by atoms with Gasteiger partial charge < -0.3 is 0 Å². The summed E-state index contributed by atoms with van der Waals surface area (Å²) < 4.78 is 0. The predicted molar refractivity (Wildman–Crippen MR) is 74.6 cm³/mol. The summed E-state index contributed by atoms with van der Waals surface area (Å²) in [4.78, 5) is 14.0. The summed E-state index contributed by atoms with van der Waals surface area (Å²) in [6, 6.07) is 19.4. The maximum Gasteiger partial charge on any atom is 0.231 e. The number of para-hydroxylation sites is 2. The fourth-order valence-corrected chi connectivity index (χ4v) is 1.85. The molecule has 0 saturated carbocycles. The lowest BCUT2D eigenvalue weighted by Gasteiger charge is -2.22. The average molecular weight is 238 g/mol. The summed E-state index contributed by atoms with van der Waals surface area (Å²) >= 11 is 0. The normalized spacial score (nSPS) is 10.1. The van der Waals surface area contributed by atoms with E-state index < -0.39 is 0 Å². The molecule has 0 bridgehead atoms. The first kappa shape index (κ1) is 12.4. The second kappa shape index (κ2) is 6.01. The summed E-state index contributed by atoms with van der Waals surface area (Å²) in [5.41, 5.74) is 1.78. The van der Waals surface area contributed by atoms with Gasteiger partial charge in [0.2, 0.25) is 5.91 Å². The maximum atomic E-state index is 12.2. The fraction of sp³-hybridized carbons (Fsp3) is 0.125. The van der Waals surface area contributed by atoms with Crippen molar-refractivity contribution in [3.05, 3.63) is 67.6 Å². The molecule has 2 aromatic carbocycles. The molecule has 91 valence electrons. The van der Waals surface area contributed by atoms with Crippen LogP contribution in [-0.2, 0) is 4.79 Å². The molecule has 0 atom stereocenters. The lowest BCUT2D eigenvalue weighted by atomic mass is 10.2. The second-order valence-electron chi connectivity index (χ2n) is 4.00. The Morgan fingerprint density at radius 3 is 1.72 bits per heavy atom. The topological polar surface area (TPSA) is 20.3 Å². The monoisotopic (exact) mass is 238 g/mol. The van der Waals surface area contributed by atoms with Crippen molar-refractivity contribution in [2.24, 2.45) is 0 Å². The minimum Gasteiger partial charge on any atom is -0.281 e. The smallest absolute Gasteiger partial charge is 0.231 e. The number of carbonyl (C=O) groups is 1. The number of benzene rings is 2. The van der Waals surface area contributed by atoms with E-state index >= 15 is 0 Å². The Hall–Kier alpha value is -2.09. The number of amides is 1. The van der Waals surface area contributed by atoms with E-state index in [2.05, 4.69) is 6.92 Å². The van der Waals surface area contributed by atoms with E-state index in [0.717, 1.165) is 11.4 Å². The van der Waals surface area contributed by atoms with Crippen LogP contribution in [0, 0.1) is 6.92 Å². The molecule has 0 aromatic heterocycles. The van der Waals surface area contributed by atoms with Crippen molar-refractivity contribution in [2.45, 2.75) is 12.8 Å². The minimum absolute atomic E-state index is 0.0717.